The highest BCUT2D eigenvalue weighted by Gasteiger charge is 1.62. The van der Waals surface area contributed by atoms with E-state index in [2.05, 4.69) is 6.58 Å². The van der Waals surface area contributed by atoms with E-state index in [1.165, 1.54) is 27.7 Å². The van der Waals surface area contributed by atoms with E-state index in [9.17, 15) is 9.59 Å². The summed E-state index contributed by atoms with van der Waals surface area (Å²) in [6.45, 7) is 9.01. The summed E-state index contributed by atoms with van der Waals surface area (Å²) < 4.78 is 0. The minimum atomic E-state index is -1.23. The van der Waals surface area contributed by atoms with E-state index in [4.69, 9.17) is 9.90 Å². The number of rotatable bonds is 1. The third-order valence-corrected chi connectivity index (χ3v) is 0.167. The highest BCUT2D eigenvalue weighted by molar-refractivity contribution is 5.76. The van der Waals surface area contributed by atoms with Crippen LogP contribution in [0.2, 0.25) is 0 Å². The summed E-state index contributed by atoms with van der Waals surface area (Å²) in [5.74, 6) is -0.898. The number of carbonyl (C=O) groups is 3. The van der Waals surface area contributed by atoms with Crippen LogP contribution in [0.15, 0.2) is 12.7 Å². The molecule has 0 aromatic heterocycles. The van der Waals surface area contributed by atoms with Crippen molar-refractivity contribution >= 4 is 17.5 Å². The van der Waals surface area contributed by atoms with Gasteiger partial charge in [-0.3, -0.25) is 0 Å². The average Bonchev–Trinajstić information content (AvgIpc) is 1.84. The second-order valence-electron chi connectivity index (χ2n) is 2.34. The Morgan fingerprint density at radius 1 is 1.00 bits per heavy atom. The molecule has 0 aromatic rings. The van der Waals surface area contributed by atoms with Crippen molar-refractivity contribution in [3.8, 4) is 0 Å². The second-order valence-corrected chi connectivity index (χ2v) is 2.34. The van der Waals surface area contributed by atoms with Gasteiger partial charge in [-0.2, -0.15) is 0 Å². The smallest absolute Gasteiger partial charge is 0.126 e. The molecule has 0 aliphatic rings. The van der Waals surface area contributed by atoms with Crippen molar-refractivity contribution in [3.63, 3.8) is 0 Å². The summed E-state index contributed by atoms with van der Waals surface area (Å²) in [6, 6.07) is 0. The molecular formula is C9H15O4-. The van der Waals surface area contributed by atoms with Gasteiger partial charge in [-0.05, 0) is 33.8 Å². The van der Waals surface area contributed by atoms with E-state index >= 15 is 0 Å². The minimum Gasteiger partial charge on any atom is -0.545 e. The largest absolute Gasteiger partial charge is 0.545 e. The van der Waals surface area contributed by atoms with Crippen LogP contribution in [0.4, 0.5) is 0 Å². The van der Waals surface area contributed by atoms with Crippen LogP contribution >= 0.6 is 0 Å². The summed E-state index contributed by atoms with van der Waals surface area (Å²) in [6.07, 6.45) is 0.722. The minimum absolute atomic E-state index is 0.167. The van der Waals surface area contributed by atoms with E-state index in [1.54, 1.807) is 0 Å². The highest BCUT2D eigenvalue weighted by Crippen LogP contribution is 1.51. The fourth-order valence-electron chi connectivity index (χ4n) is 0. The first kappa shape index (κ1) is 17.6. The molecule has 0 aromatic carbocycles. The summed E-state index contributed by atoms with van der Waals surface area (Å²) in [4.78, 5) is 28.0. The predicted octanol–water partition coefficient (Wildman–Crippen LogP) is 0.113. The monoisotopic (exact) mass is 187 g/mol. The lowest BCUT2D eigenvalue weighted by molar-refractivity contribution is -0.297. The fourth-order valence-corrected chi connectivity index (χ4v) is 0. The summed E-state index contributed by atoms with van der Waals surface area (Å²) in [5, 5.41) is 9.14. The maximum absolute atomic E-state index is 9.44. The molecule has 0 atom stereocenters. The van der Waals surface area contributed by atoms with Crippen LogP contribution in [-0.2, 0) is 14.4 Å². The normalized spacial score (nSPS) is 6.46. The molecule has 0 unspecified atom stereocenters. The lowest BCUT2D eigenvalue weighted by Gasteiger charge is -1.81. The van der Waals surface area contributed by atoms with Crippen LogP contribution in [0.25, 0.3) is 0 Å². The average molecular weight is 187 g/mol. The Morgan fingerprint density at radius 3 is 1.08 bits per heavy atom. The Kier molecular flexibility index (Phi) is 17.8. The first-order chi connectivity index (χ1) is 5.73. The standard InChI is InChI=1S/C3H4O2.2C3H6O/c1-2-3(4)5;2*1-3(2)4/h2H,1H2,(H,4,5);2*1-2H3/p-1. The van der Waals surface area contributed by atoms with Crippen molar-refractivity contribution in [2.75, 3.05) is 0 Å². The van der Waals surface area contributed by atoms with E-state index in [0.717, 1.165) is 6.08 Å². The lowest BCUT2D eigenvalue weighted by Crippen LogP contribution is -2.17. The van der Waals surface area contributed by atoms with Gasteiger partial charge in [0.1, 0.15) is 11.6 Å². The topological polar surface area (TPSA) is 74.3 Å². The van der Waals surface area contributed by atoms with E-state index in [-0.39, 0.29) is 11.6 Å². The number of hydrogen-bond acceptors (Lipinski definition) is 4. The molecule has 0 fully saturated rings. The van der Waals surface area contributed by atoms with Gasteiger partial charge in [0.05, 0.1) is 5.97 Å². The molecule has 0 rings (SSSR count). The third kappa shape index (κ3) is 2550. The van der Waals surface area contributed by atoms with Crippen molar-refractivity contribution in [2.45, 2.75) is 27.7 Å². The van der Waals surface area contributed by atoms with Crippen LogP contribution < -0.4 is 5.11 Å². The van der Waals surface area contributed by atoms with Crippen LogP contribution in [0.3, 0.4) is 0 Å². The Labute approximate surface area is 78.3 Å². The van der Waals surface area contributed by atoms with Gasteiger partial charge < -0.3 is 19.5 Å². The molecular weight excluding hydrogens is 172 g/mol. The van der Waals surface area contributed by atoms with Gasteiger partial charge in [0.25, 0.3) is 0 Å². The zero-order chi connectivity index (χ0) is 11.4. The van der Waals surface area contributed by atoms with Crippen LogP contribution in [-0.4, -0.2) is 17.5 Å². The van der Waals surface area contributed by atoms with Gasteiger partial charge in [0.2, 0.25) is 0 Å². The molecule has 0 bridgehead atoms. The van der Waals surface area contributed by atoms with Crippen LogP contribution in [0, 0.1) is 0 Å². The number of carbonyl (C=O) groups excluding carboxylic acids is 3. The van der Waals surface area contributed by atoms with E-state index < -0.39 is 5.97 Å². The zero-order valence-corrected chi connectivity index (χ0v) is 8.42. The van der Waals surface area contributed by atoms with Crippen LogP contribution in [0.1, 0.15) is 27.7 Å². The maximum Gasteiger partial charge on any atom is 0.126 e. The van der Waals surface area contributed by atoms with Gasteiger partial charge >= 0.3 is 0 Å². The first-order valence-corrected chi connectivity index (χ1v) is 3.51. The molecule has 0 aliphatic carbocycles. The number of carboxylic acids is 1. The van der Waals surface area contributed by atoms with Gasteiger partial charge in [-0.1, -0.05) is 6.58 Å². The molecule has 13 heavy (non-hydrogen) atoms. The van der Waals surface area contributed by atoms with Crippen molar-refractivity contribution in [3.05, 3.63) is 12.7 Å². The lowest BCUT2D eigenvalue weighted by atomic mass is 10.6. The molecule has 0 N–H and O–H groups in total. The zero-order valence-electron chi connectivity index (χ0n) is 8.42. The van der Waals surface area contributed by atoms with Crippen LogP contribution in [0.5, 0.6) is 0 Å². The number of ketones is 2. The van der Waals surface area contributed by atoms with Gasteiger partial charge in [0, 0.05) is 0 Å². The van der Waals surface area contributed by atoms with Crippen molar-refractivity contribution < 1.29 is 19.5 Å². The molecule has 0 saturated heterocycles. The second kappa shape index (κ2) is 13.2. The number of hydrogen-bond donors (Lipinski definition) is 0. The molecule has 0 radical (unpaired) electrons. The fraction of sp³-hybridized carbons (Fsp3) is 0.444. The Bertz CT molecular complexity index is 162. The Hall–Kier alpha value is -1.45. The molecule has 4 nitrogen and oxygen atoms in total. The number of carboxylic acid groups (broad SMARTS) is 1. The summed E-state index contributed by atoms with van der Waals surface area (Å²) >= 11 is 0. The molecule has 0 saturated carbocycles. The Morgan fingerprint density at radius 2 is 1.08 bits per heavy atom. The van der Waals surface area contributed by atoms with Crippen molar-refractivity contribution in [1.29, 1.82) is 0 Å². The molecule has 0 amide bonds. The first-order valence-electron chi connectivity index (χ1n) is 3.51. The SMILES string of the molecule is C=CC(=O)[O-].CC(C)=O.CC(C)=O. The van der Waals surface area contributed by atoms with Gasteiger partial charge in [-0.15, -0.1) is 0 Å². The van der Waals surface area contributed by atoms with E-state index in [0.29, 0.717) is 0 Å². The molecule has 0 aliphatic heterocycles. The van der Waals surface area contributed by atoms with Crippen molar-refractivity contribution in [2.24, 2.45) is 0 Å². The quantitative estimate of drug-likeness (QED) is 0.546. The summed E-state index contributed by atoms with van der Waals surface area (Å²) in [7, 11) is 0. The number of Topliss-reactive ketones (excluding diaryl/α,β-unsaturated/α-hetero) is 2. The molecule has 0 spiro atoms. The highest BCUT2D eigenvalue weighted by atomic mass is 16.4. The number of aliphatic carboxylic acids is 1. The molecule has 4 heteroatoms. The van der Waals surface area contributed by atoms with E-state index in [1.807, 2.05) is 0 Å². The molecule has 76 valence electrons. The predicted molar refractivity (Wildman–Crippen MR) is 47.9 cm³/mol. The Balaban J connectivity index is -0.000000117. The van der Waals surface area contributed by atoms with Crippen molar-refractivity contribution in [1.82, 2.24) is 0 Å². The molecule has 0 heterocycles. The third-order valence-electron chi connectivity index (χ3n) is 0.167. The van der Waals surface area contributed by atoms with Gasteiger partial charge in [0.15, 0.2) is 0 Å². The maximum atomic E-state index is 9.44. The summed E-state index contributed by atoms with van der Waals surface area (Å²) in [5.41, 5.74) is 0. The van der Waals surface area contributed by atoms with Gasteiger partial charge in [-0.25, -0.2) is 0 Å².